The van der Waals surface area contributed by atoms with Crippen LogP contribution < -0.4 is 5.73 Å². The second kappa shape index (κ2) is 6.66. The summed E-state index contributed by atoms with van der Waals surface area (Å²) in [6.07, 6.45) is 4.97. The van der Waals surface area contributed by atoms with Crippen LogP contribution in [-0.4, -0.2) is 40.1 Å². The lowest BCUT2D eigenvalue weighted by Gasteiger charge is -2.26. The molecule has 1 aromatic rings. The molecular weight excluding hydrogens is 200 g/mol. The number of nitrogens with zero attached hydrogens (tertiary/aromatic N) is 3. The van der Waals surface area contributed by atoms with Crippen LogP contribution in [0.15, 0.2) is 12.4 Å². The molecule has 1 aromatic heterocycles. The van der Waals surface area contributed by atoms with Crippen molar-refractivity contribution in [3.05, 3.63) is 18.2 Å². The number of imidazole rings is 1. The smallest absolute Gasteiger partial charge is 0.105 e. The monoisotopic (exact) mass is 224 g/mol. The van der Waals surface area contributed by atoms with Crippen molar-refractivity contribution in [1.82, 2.24) is 14.5 Å². The summed E-state index contributed by atoms with van der Waals surface area (Å²) in [5.74, 6) is 1.09. The Morgan fingerprint density at radius 2 is 2.19 bits per heavy atom. The Hall–Kier alpha value is -0.870. The van der Waals surface area contributed by atoms with Gasteiger partial charge in [-0.1, -0.05) is 0 Å². The average Bonchev–Trinajstić information content (AvgIpc) is 2.64. The molecule has 0 amide bonds. The molecule has 4 nitrogen and oxygen atoms in total. The molecule has 0 aliphatic rings. The van der Waals surface area contributed by atoms with Gasteiger partial charge in [-0.25, -0.2) is 4.98 Å². The van der Waals surface area contributed by atoms with Crippen LogP contribution in [0.3, 0.4) is 0 Å². The van der Waals surface area contributed by atoms with Crippen LogP contribution in [0, 0.1) is 6.92 Å². The average molecular weight is 224 g/mol. The lowest BCUT2D eigenvalue weighted by Crippen LogP contribution is -2.35. The van der Waals surface area contributed by atoms with Crippen molar-refractivity contribution in [2.24, 2.45) is 5.73 Å². The summed E-state index contributed by atoms with van der Waals surface area (Å²) in [6, 6.07) is 0.579. The number of hydrogen-bond acceptors (Lipinski definition) is 3. The molecule has 0 aromatic carbocycles. The van der Waals surface area contributed by atoms with E-state index >= 15 is 0 Å². The third-order valence-electron chi connectivity index (χ3n) is 2.93. The van der Waals surface area contributed by atoms with Gasteiger partial charge in [-0.05, 0) is 40.3 Å². The van der Waals surface area contributed by atoms with Gasteiger partial charge in [0.25, 0.3) is 0 Å². The molecule has 0 atom stereocenters. The third-order valence-corrected chi connectivity index (χ3v) is 2.93. The molecule has 92 valence electrons. The molecule has 0 aliphatic heterocycles. The van der Waals surface area contributed by atoms with Gasteiger partial charge in [0.05, 0.1) is 0 Å². The SMILES string of the molecule is Cc1nccn1CCN(CCCN)C(C)C. The van der Waals surface area contributed by atoms with Crippen molar-refractivity contribution in [3.63, 3.8) is 0 Å². The first-order valence-corrected chi connectivity index (χ1v) is 6.07. The molecule has 1 rings (SSSR count). The third kappa shape index (κ3) is 3.94. The zero-order chi connectivity index (χ0) is 12.0. The quantitative estimate of drug-likeness (QED) is 0.758. The Bertz CT molecular complexity index is 293. The van der Waals surface area contributed by atoms with Crippen LogP contribution in [-0.2, 0) is 6.54 Å². The number of rotatable bonds is 7. The minimum Gasteiger partial charge on any atom is -0.334 e. The molecule has 0 unspecified atom stereocenters. The predicted molar refractivity (Wildman–Crippen MR) is 67.3 cm³/mol. The van der Waals surface area contributed by atoms with Crippen molar-refractivity contribution in [1.29, 1.82) is 0 Å². The fourth-order valence-corrected chi connectivity index (χ4v) is 1.80. The highest BCUT2D eigenvalue weighted by atomic mass is 15.2. The summed E-state index contributed by atoms with van der Waals surface area (Å²) < 4.78 is 2.19. The van der Waals surface area contributed by atoms with E-state index in [0.717, 1.165) is 38.4 Å². The minimum absolute atomic E-state index is 0.579. The molecule has 0 aliphatic carbocycles. The van der Waals surface area contributed by atoms with Gasteiger partial charge < -0.3 is 10.3 Å². The molecule has 4 heteroatoms. The van der Waals surface area contributed by atoms with Crippen molar-refractivity contribution >= 4 is 0 Å². The van der Waals surface area contributed by atoms with Crippen molar-refractivity contribution < 1.29 is 0 Å². The first kappa shape index (κ1) is 13.2. The predicted octanol–water partition coefficient (Wildman–Crippen LogP) is 1.25. The summed E-state index contributed by atoms with van der Waals surface area (Å²) in [4.78, 5) is 6.69. The number of nitrogens with two attached hydrogens (primary N) is 1. The van der Waals surface area contributed by atoms with Gasteiger partial charge in [-0.2, -0.15) is 0 Å². The van der Waals surface area contributed by atoms with E-state index in [9.17, 15) is 0 Å². The topological polar surface area (TPSA) is 47.1 Å². The molecule has 0 saturated carbocycles. The second-order valence-electron chi connectivity index (χ2n) is 4.44. The zero-order valence-electron chi connectivity index (χ0n) is 10.7. The molecule has 0 bridgehead atoms. The van der Waals surface area contributed by atoms with Crippen molar-refractivity contribution in [2.75, 3.05) is 19.6 Å². The second-order valence-corrected chi connectivity index (χ2v) is 4.44. The van der Waals surface area contributed by atoms with Crippen molar-refractivity contribution in [2.45, 2.75) is 39.8 Å². The maximum absolute atomic E-state index is 5.55. The largest absolute Gasteiger partial charge is 0.334 e. The van der Waals surface area contributed by atoms with E-state index < -0.39 is 0 Å². The fourth-order valence-electron chi connectivity index (χ4n) is 1.80. The van der Waals surface area contributed by atoms with Gasteiger partial charge in [0.2, 0.25) is 0 Å². The first-order chi connectivity index (χ1) is 7.65. The molecule has 16 heavy (non-hydrogen) atoms. The molecule has 0 fully saturated rings. The van der Waals surface area contributed by atoms with Gasteiger partial charge in [0.1, 0.15) is 5.82 Å². The van der Waals surface area contributed by atoms with E-state index in [4.69, 9.17) is 5.73 Å². The number of aromatic nitrogens is 2. The van der Waals surface area contributed by atoms with Gasteiger partial charge in [0.15, 0.2) is 0 Å². The lowest BCUT2D eigenvalue weighted by molar-refractivity contribution is 0.211. The van der Waals surface area contributed by atoms with Crippen LogP contribution in [0.2, 0.25) is 0 Å². The number of aryl methyl sites for hydroxylation is 1. The van der Waals surface area contributed by atoms with E-state index in [0.29, 0.717) is 6.04 Å². The summed E-state index contributed by atoms with van der Waals surface area (Å²) in [6.45, 7) is 10.4. The van der Waals surface area contributed by atoms with E-state index in [1.54, 1.807) is 0 Å². The molecule has 0 spiro atoms. The molecule has 2 N–H and O–H groups in total. The minimum atomic E-state index is 0.579. The number of hydrogen-bond donors (Lipinski definition) is 1. The van der Waals surface area contributed by atoms with Gasteiger partial charge >= 0.3 is 0 Å². The van der Waals surface area contributed by atoms with Gasteiger partial charge in [-0.15, -0.1) is 0 Å². The fraction of sp³-hybridized carbons (Fsp3) is 0.750. The maximum Gasteiger partial charge on any atom is 0.105 e. The normalized spacial score (nSPS) is 11.6. The maximum atomic E-state index is 5.55. The summed E-state index contributed by atoms with van der Waals surface area (Å²) in [5.41, 5.74) is 5.55. The molecular formula is C12H24N4. The summed E-state index contributed by atoms with van der Waals surface area (Å²) >= 11 is 0. The zero-order valence-corrected chi connectivity index (χ0v) is 10.7. The van der Waals surface area contributed by atoms with Crippen LogP contribution in [0.25, 0.3) is 0 Å². The van der Waals surface area contributed by atoms with Crippen LogP contribution >= 0.6 is 0 Å². The highest BCUT2D eigenvalue weighted by Crippen LogP contribution is 2.02. The van der Waals surface area contributed by atoms with E-state index in [-0.39, 0.29) is 0 Å². The van der Waals surface area contributed by atoms with E-state index in [1.165, 1.54) is 0 Å². The molecule has 1 heterocycles. The van der Waals surface area contributed by atoms with Gasteiger partial charge in [0, 0.05) is 31.5 Å². The Morgan fingerprint density at radius 1 is 1.44 bits per heavy atom. The Kier molecular flexibility index (Phi) is 5.49. The van der Waals surface area contributed by atoms with E-state index in [2.05, 4.69) is 28.3 Å². The molecule has 0 radical (unpaired) electrons. The Labute approximate surface area is 98.5 Å². The summed E-state index contributed by atoms with van der Waals surface area (Å²) in [7, 11) is 0. The lowest BCUT2D eigenvalue weighted by atomic mass is 10.3. The van der Waals surface area contributed by atoms with Crippen molar-refractivity contribution in [3.8, 4) is 0 Å². The summed E-state index contributed by atoms with van der Waals surface area (Å²) in [5, 5.41) is 0. The van der Waals surface area contributed by atoms with Crippen LogP contribution in [0.1, 0.15) is 26.1 Å². The first-order valence-electron chi connectivity index (χ1n) is 6.07. The van der Waals surface area contributed by atoms with Crippen LogP contribution in [0.5, 0.6) is 0 Å². The van der Waals surface area contributed by atoms with E-state index in [1.807, 2.05) is 19.3 Å². The Morgan fingerprint density at radius 3 is 2.69 bits per heavy atom. The van der Waals surface area contributed by atoms with Crippen LogP contribution in [0.4, 0.5) is 0 Å². The highest BCUT2D eigenvalue weighted by molar-refractivity contribution is 4.88. The van der Waals surface area contributed by atoms with Gasteiger partial charge in [-0.3, -0.25) is 4.90 Å². The molecule has 0 saturated heterocycles. The Balaban J connectivity index is 2.40. The highest BCUT2D eigenvalue weighted by Gasteiger charge is 2.08. The standard InChI is InChI=1S/C12H24N4/c1-11(2)15(7-4-5-13)9-10-16-8-6-14-12(16)3/h6,8,11H,4-5,7,9-10,13H2,1-3H3.